The van der Waals surface area contributed by atoms with Crippen molar-refractivity contribution in [3.8, 4) is 0 Å². The third-order valence-electron chi connectivity index (χ3n) is 5.93. The van der Waals surface area contributed by atoms with Crippen LogP contribution in [-0.4, -0.2) is 44.0 Å². The molecule has 28 heavy (non-hydrogen) atoms. The zero-order valence-electron chi connectivity index (χ0n) is 17.2. The van der Waals surface area contributed by atoms with E-state index < -0.39 is 26.1 Å². The molecule has 0 unspecified atom stereocenters. The summed E-state index contributed by atoms with van der Waals surface area (Å²) in [5.41, 5.74) is -0.194. The van der Waals surface area contributed by atoms with E-state index in [-0.39, 0.29) is 17.1 Å². The van der Waals surface area contributed by atoms with Crippen molar-refractivity contribution in [2.75, 3.05) is 0 Å². The van der Waals surface area contributed by atoms with Gasteiger partial charge in [0.05, 0.1) is 0 Å². The van der Waals surface area contributed by atoms with Crippen LogP contribution in [0.15, 0.2) is 45.5 Å². The standard InChI is InChI=1S/C21H28INO4Si/c1-20(2,3)28(5,6)27-15(12-13-22)16-17-21(4,19(24)25-16)23-18(26-17)14-10-8-7-9-11-14/h7-13,15-17H,1-6H3/b13-12+/t15-,16+,17-,21-/m0/s1. The number of halogens is 1. The molecule has 0 saturated carbocycles. The van der Waals surface area contributed by atoms with Gasteiger partial charge in [0.2, 0.25) is 5.90 Å². The van der Waals surface area contributed by atoms with E-state index in [4.69, 9.17) is 13.9 Å². The van der Waals surface area contributed by atoms with Gasteiger partial charge in [0, 0.05) is 5.56 Å². The van der Waals surface area contributed by atoms with Gasteiger partial charge in [-0.05, 0) is 47.3 Å². The van der Waals surface area contributed by atoms with Crippen LogP contribution in [0.1, 0.15) is 33.3 Å². The topological polar surface area (TPSA) is 57.1 Å². The van der Waals surface area contributed by atoms with E-state index in [9.17, 15) is 4.79 Å². The molecule has 4 atom stereocenters. The highest BCUT2D eigenvalue weighted by molar-refractivity contribution is 14.1. The molecule has 3 rings (SSSR count). The maximum Gasteiger partial charge on any atom is 0.338 e. The Bertz CT molecular complexity index is 802. The van der Waals surface area contributed by atoms with Crippen LogP contribution in [0.25, 0.3) is 0 Å². The fourth-order valence-electron chi connectivity index (χ4n) is 3.15. The first-order valence-electron chi connectivity index (χ1n) is 9.47. The Hall–Kier alpha value is -1.19. The lowest BCUT2D eigenvalue weighted by atomic mass is 9.93. The minimum absolute atomic E-state index is 0.0402. The monoisotopic (exact) mass is 513 g/mol. The Labute approximate surface area is 181 Å². The Kier molecular flexibility index (Phi) is 5.82. The lowest BCUT2D eigenvalue weighted by Gasteiger charge is -2.40. The van der Waals surface area contributed by atoms with Crippen molar-refractivity contribution in [1.29, 1.82) is 0 Å². The molecule has 152 valence electrons. The highest BCUT2D eigenvalue weighted by atomic mass is 127. The van der Waals surface area contributed by atoms with Gasteiger partial charge in [-0.3, -0.25) is 0 Å². The van der Waals surface area contributed by atoms with Crippen LogP contribution in [0.5, 0.6) is 0 Å². The maximum absolute atomic E-state index is 12.8. The number of hydrogen-bond donors (Lipinski definition) is 0. The zero-order valence-corrected chi connectivity index (χ0v) is 20.4. The zero-order chi connectivity index (χ0) is 20.7. The molecule has 2 aliphatic rings. The van der Waals surface area contributed by atoms with E-state index in [0.29, 0.717) is 5.90 Å². The van der Waals surface area contributed by atoms with Crippen LogP contribution in [0, 0.1) is 0 Å². The van der Waals surface area contributed by atoms with Crippen molar-refractivity contribution in [3.63, 3.8) is 0 Å². The number of benzene rings is 1. The fraction of sp³-hybridized carbons (Fsp3) is 0.524. The summed E-state index contributed by atoms with van der Waals surface area (Å²) in [6.07, 6.45) is 0.522. The molecule has 1 aromatic rings. The van der Waals surface area contributed by atoms with Crippen LogP contribution in [-0.2, 0) is 18.7 Å². The lowest BCUT2D eigenvalue weighted by molar-refractivity contribution is -0.147. The number of carbonyl (C=O) groups excluding carboxylic acids is 1. The number of hydrogen-bond acceptors (Lipinski definition) is 5. The molecular weight excluding hydrogens is 485 g/mol. The van der Waals surface area contributed by atoms with Gasteiger partial charge in [0.1, 0.15) is 6.10 Å². The van der Waals surface area contributed by atoms with Crippen molar-refractivity contribution in [2.45, 2.75) is 69.7 Å². The highest BCUT2D eigenvalue weighted by Gasteiger charge is 2.62. The van der Waals surface area contributed by atoms with Gasteiger partial charge >= 0.3 is 5.97 Å². The van der Waals surface area contributed by atoms with Gasteiger partial charge in [-0.1, -0.05) is 61.6 Å². The number of aliphatic imine (C=N–C) groups is 1. The molecule has 1 aromatic carbocycles. The molecule has 0 aromatic heterocycles. The Balaban J connectivity index is 1.90. The summed E-state index contributed by atoms with van der Waals surface area (Å²) in [6.45, 7) is 12.7. The molecule has 0 aliphatic carbocycles. The largest absolute Gasteiger partial charge is 0.467 e. The molecule has 1 saturated heterocycles. The maximum atomic E-state index is 12.8. The molecule has 1 fully saturated rings. The number of ether oxygens (including phenoxy) is 2. The number of nitrogens with zero attached hydrogens (tertiary/aromatic N) is 1. The van der Waals surface area contributed by atoms with E-state index in [1.807, 2.05) is 40.5 Å². The Morgan fingerprint density at radius 2 is 1.89 bits per heavy atom. The molecule has 2 heterocycles. The third kappa shape index (κ3) is 3.80. The SMILES string of the molecule is CC(C)(C)[Si](C)(C)O[C@@H](/C=C/I)[C@H]1OC(=O)[C@@]2(C)N=C(c3ccccc3)O[C@@H]12. The van der Waals surface area contributed by atoms with Gasteiger partial charge in [-0.2, -0.15) is 0 Å². The van der Waals surface area contributed by atoms with E-state index in [1.54, 1.807) is 6.92 Å². The van der Waals surface area contributed by atoms with Crippen molar-refractivity contribution in [3.05, 3.63) is 46.1 Å². The predicted molar refractivity (Wildman–Crippen MR) is 121 cm³/mol. The Morgan fingerprint density at radius 1 is 1.25 bits per heavy atom. The first kappa shape index (κ1) is 21.5. The van der Waals surface area contributed by atoms with Gasteiger partial charge in [-0.15, -0.1) is 0 Å². The van der Waals surface area contributed by atoms with Crippen LogP contribution < -0.4 is 0 Å². The van der Waals surface area contributed by atoms with E-state index >= 15 is 0 Å². The van der Waals surface area contributed by atoms with Crippen LogP contribution >= 0.6 is 22.6 Å². The van der Waals surface area contributed by atoms with Gasteiger partial charge in [0.15, 0.2) is 26.1 Å². The van der Waals surface area contributed by atoms with Crippen LogP contribution in [0.3, 0.4) is 0 Å². The fourth-order valence-corrected chi connectivity index (χ4v) is 4.80. The molecule has 0 spiro atoms. The second kappa shape index (κ2) is 7.57. The molecule has 0 radical (unpaired) electrons. The van der Waals surface area contributed by atoms with E-state index in [1.165, 1.54) is 0 Å². The molecular formula is C21H28INO4Si. The second-order valence-electron chi connectivity index (χ2n) is 9.00. The van der Waals surface area contributed by atoms with Crippen molar-refractivity contribution in [1.82, 2.24) is 0 Å². The van der Waals surface area contributed by atoms with Crippen molar-refractivity contribution >= 4 is 42.8 Å². The first-order valence-corrected chi connectivity index (χ1v) is 13.6. The van der Waals surface area contributed by atoms with Crippen LogP contribution in [0.2, 0.25) is 18.1 Å². The van der Waals surface area contributed by atoms with Gasteiger partial charge in [0.25, 0.3) is 0 Å². The Morgan fingerprint density at radius 3 is 2.46 bits per heavy atom. The molecule has 0 amide bonds. The summed E-state index contributed by atoms with van der Waals surface area (Å²) in [5, 5.41) is 0.0402. The minimum atomic E-state index is -2.08. The molecule has 0 bridgehead atoms. The highest BCUT2D eigenvalue weighted by Crippen LogP contribution is 2.43. The number of rotatable bonds is 5. The normalized spacial score (nSPS) is 28.7. The minimum Gasteiger partial charge on any atom is -0.467 e. The summed E-state index contributed by atoms with van der Waals surface area (Å²) < 4.78 is 20.5. The molecule has 2 aliphatic heterocycles. The smallest absolute Gasteiger partial charge is 0.338 e. The average molecular weight is 513 g/mol. The summed E-state index contributed by atoms with van der Waals surface area (Å²) in [6, 6.07) is 9.65. The summed E-state index contributed by atoms with van der Waals surface area (Å²) in [5.74, 6) is 0.124. The predicted octanol–water partition coefficient (Wildman–Crippen LogP) is 4.86. The number of fused-ring (bicyclic) bond motifs is 1. The summed E-state index contributed by atoms with van der Waals surface area (Å²) in [4.78, 5) is 17.4. The lowest BCUT2D eigenvalue weighted by Crippen LogP contribution is -2.50. The third-order valence-corrected chi connectivity index (χ3v) is 10.8. The second-order valence-corrected chi connectivity index (χ2v) is 14.5. The average Bonchev–Trinajstić information content (AvgIpc) is 3.08. The van der Waals surface area contributed by atoms with Gasteiger partial charge in [-0.25, -0.2) is 9.79 Å². The number of esters is 1. The van der Waals surface area contributed by atoms with Crippen molar-refractivity contribution < 1.29 is 18.7 Å². The summed E-state index contributed by atoms with van der Waals surface area (Å²) >= 11 is 2.17. The van der Waals surface area contributed by atoms with Gasteiger partial charge < -0.3 is 13.9 Å². The van der Waals surface area contributed by atoms with E-state index in [2.05, 4.69) is 61.4 Å². The summed E-state index contributed by atoms with van der Waals surface area (Å²) in [7, 11) is -2.08. The number of carbonyl (C=O) groups is 1. The van der Waals surface area contributed by atoms with Crippen LogP contribution in [0.4, 0.5) is 0 Å². The molecule has 0 N–H and O–H groups in total. The quantitative estimate of drug-likeness (QED) is 0.321. The van der Waals surface area contributed by atoms with Crippen molar-refractivity contribution in [2.24, 2.45) is 4.99 Å². The molecule has 7 heteroatoms. The first-order chi connectivity index (χ1) is 13.0. The molecule has 5 nitrogen and oxygen atoms in total. The number of cyclic esters (lactones) is 1. The van der Waals surface area contributed by atoms with E-state index in [0.717, 1.165) is 5.56 Å².